The van der Waals surface area contributed by atoms with Gasteiger partial charge in [-0.15, -0.1) is 12.4 Å². The van der Waals surface area contributed by atoms with Crippen LogP contribution in [0.25, 0.3) is 0 Å². The van der Waals surface area contributed by atoms with Crippen molar-refractivity contribution in [2.45, 2.75) is 37.8 Å². The molecule has 0 bridgehead atoms. The van der Waals surface area contributed by atoms with Crippen LogP contribution in [0.1, 0.15) is 25.7 Å². The van der Waals surface area contributed by atoms with Gasteiger partial charge in [0.2, 0.25) is 5.91 Å². The SMILES string of the molecule is CNC(=O)[C@@H]1C[C@@H]2CCC[C@@H]2N1.Cl. The smallest absolute Gasteiger partial charge is 0.236 e. The number of hydrogen-bond donors (Lipinski definition) is 2. The van der Waals surface area contributed by atoms with Crippen LogP contribution in [0, 0.1) is 5.92 Å². The molecular formula is C9H17ClN2O. The average Bonchev–Trinajstić information content (AvgIpc) is 2.60. The van der Waals surface area contributed by atoms with Crippen LogP contribution < -0.4 is 10.6 Å². The van der Waals surface area contributed by atoms with E-state index < -0.39 is 0 Å². The Bertz CT molecular complexity index is 186. The number of fused-ring (bicyclic) bond motifs is 1. The summed E-state index contributed by atoms with van der Waals surface area (Å²) >= 11 is 0. The molecule has 2 fully saturated rings. The van der Waals surface area contributed by atoms with E-state index in [1.165, 1.54) is 19.3 Å². The summed E-state index contributed by atoms with van der Waals surface area (Å²) in [7, 11) is 1.71. The van der Waals surface area contributed by atoms with E-state index in [9.17, 15) is 4.79 Å². The first kappa shape index (κ1) is 10.8. The van der Waals surface area contributed by atoms with Crippen LogP contribution in [0.5, 0.6) is 0 Å². The Hall–Kier alpha value is -0.280. The van der Waals surface area contributed by atoms with Gasteiger partial charge in [-0.2, -0.15) is 0 Å². The van der Waals surface area contributed by atoms with Crippen molar-refractivity contribution in [3.8, 4) is 0 Å². The second kappa shape index (κ2) is 4.29. The summed E-state index contributed by atoms with van der Waals surface area (Å²) in [5.41, 5.74) is 0. The third kappa shape index (κ3) is 1.97. The zero-order valence-electron chi connectivity index (χ0n) is 7.88. The standard InChI is InChI=1S/C9H16N2O.ClH/c1-10-9(12)8-5-6-3-2-4-7(6)11-8;/h6-8,11H,2-5H2,1H3,(H,10,12);1H/t6-,7-,8-;/m0./s1. The van der Waals surface area contributed by atoms with E-state index >= 15 is 0 Å². The summed E-state index contributed by atoms with van der Waals surface area (Å²) in [6, 6.07) is 0.720. The number of nitrogens with one attached hydrogen (secondary N) is 2. The van der Waals surface area contributed by atoms with Gasteiger partial charge in [-0.1, -0.05) is 6.42 Å². The van der Waals surface area contributed by atoms with Gasteiger partial charge in [-0.25, -0.2) is 0 Å². The van der Waals surface area contributed by atoms with Crippen LogP contribution in [-0.2, 0) is 4.79 Å². The molecule has 0 aromatic rings. The number of halogens is 1. The van der Waals surface area contributed by atoms with Crippen LogP contribution in [-0.4, -0.2) is 25.0 Å². The quantitative estimate of drug-likeness (QED) is 0.660. The van der Waals surface area contributed by atoms with Gasteiger partial charge in [0.05, 0.1) is 6.04 Å². The molecule has 13 heavy (non-hydrogen) atoms. The maximum Gasteiger partial charge on any atom is 0.236 e. The molecule has 0 aromatic carbocycles. The lowest BCUT2D eigenvalue weighted by Gasteiger charge is -2.10. The Morgan fingerprint density at radius 2 is 2.23 bits per heavy atom. The fourth-order valence-corrected chi connectivity index (χ4v) is 2.52. The average molecular weight is 205 g/mol. The molecule has 0 spiro atoms. The first-order valence-electron chi connectivity index (χ1n) is 4.79. The molecule has 3 atom stereocenters. The Morgan fingerprint density at radius 1 is 1.46 bits per heavy atom. The molecule has 4 heteroatoms. The summed E-state index contributed by atoms with van der Waals surface area (Å²) in [5.74, 6) is 0.927. The molecule has 2 N–H and O–H groups in total. The number of carbonyl (C=O) groups excluding carboxylic acids is 1. The molecule has 2 rings (SSSR count). The molecule has 1 aliphatic heterocycles. The number of hydrogen-bond acceptors (Lipinski definition) is 2. The van der Waals surface area contributed by atoms with Crippen molar-refractivity contribution >= 4 is 18.3 Å². The van der Waals surface area contributed by atoms with Crippen molar-refractivity contribution in [1.82, 2.24) is 10.6 Å². The lowest BCUT2D eigenvalue weighted by Crippen LogP contribution is -2.41. The molecule has 1 saturated heterocycles. The molecule has 1 saturated carbocycles. The summed E-state index contributed by atoms with van der Waals surface area (Å²) in [5, 5.41) is 6.09. The monoisotopic (exact) mass is 204 g/mol. The predicted octanol–water partition coefficient (Wildman–Crippen LogP) is 0.685. The van der Waals surface area contributed by atoms with Gasteiger partial charge in [0, 0.05) is 13.1 Å². The van der Waals surface area contributed by atoms with E-state index in [4.69, 9.17) is 0 Å². The Labute approximate surface area is 85.1 Å². The predicted molar refractivity (Wildman–Crippen MR) is 54.0 cm³/mol. The van der Waals surface area contributed by atoms with E-state index in [1.54, 1.807) is 7.05 Å². The lowest BCUT2D eigenvalue weighted by atomic mass is 10.0. The van der Waals surface area contributed by atoms with Crippen LogP contribution in [0.2, 0.25) is 0 Å². The normalized spacial score (nSPS) is 36.5. The third-order valence-electron chi connectivity index (χ3n) is 3.18. The first-order chi connectivity index (χ1) is 5.81. The maximum absolute atomic E-state index is 11.3. The third-order valence-corrected chi connectivity index (χ3v) is 3.18. The summed E-state index contributed by atoms with van der Waals surface area (Å²) in [6.07, 6.45) is 4.95. The van der Waals surface area contributed by atoms with Crippen LogP contribution in [0.4, 0.5) is 0 Å². The highest BCUT2D eigenvalue weighted by atomic mass is 35.5. The zero-order valence-corrected chi connectivity index (χ0v) is 8.69. The molecule has 1 heterocycles. The fourth-order valence-electron chi connectivity index (χ4n) is 2.52. The highest BCUT2D eigenvalue weighted by molar-refractivity contribution is 5.85. The summed E-state index contributed by atoms with van der Waals surface area (Å²) in [6.45, 7) is 0. The summed E-state index contributed by atoms with van der Waals surface area (Å²) < 4.78 is 0. The summed E-state index contributed by atoms with van der Waals surface area (Å²) in [4.78, 5) is 11.3. The van der Waals surface area contributed by atoms with Crippen molar-refractivity contribution in [3.63, 3.8) is 0 Å². The van der Waals surface area contributed by atoms with Crippen molar-refractivity contribution in [2.75, 3.05) is 7.05 Å². The van der Waals surface area contributed by atoms with E-state index in [1.807, 2.05) is 0 Å². The van der Waals surface area contributed by atoms with Crippen LogP contribution in [0.3, 0.4) is 0 Å². The fraction of sp³-hybridized carbons (Fsp3) is 0.889. The molecule has 1 amide bonds. The van der Waals surface area contributed by atoms with Crippen molar-refractivity contribution in [3.05, 3.63) is 0 Å². The van der Waals surface area contributed by atoms with Gasteiger partial charge >= 0.3 is 0 Å². The number of amides is 1. The topological polar surface area (TPSA) is 41.1 Å². The Balaban J connectivity index is 0.000000845. The second-order valence-corrected chi connectivity index (χ2v) is 3.87. The molecule has 2 aliphatic rings. The Kier molecular flexibility index (Phi) is 3.56. The molecule has 1 aliphatic carbocycles. The Morgan fingerprint density at radius 3 is 2.85 bits per heavy atom. The van der Waals surface area contributed by atoms with E-state index in [0.29, 0.717) is 6.04 Å². The highest BCUT2D eigenvalue weighted by Crippen LogP contribution is 2.34. The van der Waals surface area contributed by atoms with Gasteiger partial charge in [0.15, 0.2) is 0 Å². The maximum atomic E-state index is 11.3. The molecular weight excluding hydrogens is 188 g/mol. The first-order valence-corrected chi connectivity index (χ1v) is 4.79. The minimum absolute atomic E-state index is 0. The van der Waals surface area contributed by atoms with E-state index in [0.717, 1.165) is 12.3 Å². The van der Waals surface area contributed by atoms with Crippen molar-refractivity contribution in [2.24, 2.45) is 5.92 Å². The largest absolute Gasteiger partial charge is 0.358 e. The van der Waals surface area contributed by atoms with E-state index in [-0.39, 0.29) is 24.4 Å². The van der Waals surface area contributed by atoms with Gasteiger partial charge in [0.1, 0.15) is 0 Å². The number of likely N-dealkylation sites (N-methyl/N-ethyl adjacent to an activating group) is 1. The van der Waals surface area contributed by atoms with Gasteiger partial charge in [-0.05, 0) is 25.2 Å². The minimum Gasteiger partial charge on any atom is -0.358 e. The lowest BCUT2D eigenvalue weighted by molar-refractivity contribution is -0.122. The van der Waals surface area contributed by atoms with Crippen molar-refractivity contribution < 1.29 is 4.79 Å². The van der Waals surface area contributed by atoms with E-state index in [2.05, 4.69) is 10.6 Å². The number of carbonyl (C=O) groups is 1. The molecule has 0 unspecified atom stereocenters. The van der Waals surface area contributed by atoms with Crippen LogP contribution >= 0.6 is 12.4 Å². The molecule has 76 valence electrons. The van der Waals surface area contributed by atoms with Gasteiger partial charge in [0.25, 0.3) is 0 Å². The minimum atomic E-state index is 0. The van der Waals surface area contributed by atoms with Gasteiger partial charge in [-0.3, -0.25) is 4.79 Å². The van der Waals surface area contributed by atoms with Gasteiger partial charge < -0.3 is 10.6 Å². The van der Waals surface area contributed by atoms with Crippen molar-refractivity contribution in [1.29, 1.82) is 0 Å². The number of rotatable bonds is 1. The van der Waals surface area contributed by atoms with Crippen LogP contribution in [0.15, 0.2) is 0 Å². The zero-order chi connectivity index (χ0) is 8.55. The highest BCUT2D eigenvalue weighted by Gasteiger charge is 2.39. The molecule has 0 aromatic heterocycles. The second-order valence-electron chi connectivity index (χ2n) is 3.87. The molecule has 0 radical (unpaired) electrons. The molecule has 3 nitrogen and oxygen atoms in total.